The zero-order valence-electron chi connectivity index (χ0n) is 18.4. The number of hydrogen-bond donors (Lipinski definition) is 0. The van der Waals surface area contributed by atoms with E-state index in [4.69, 9.17) is 0 Å². The van der Waals surface area contributed by atoms with Gasteiger partial charge in [-0.3, -0.25) is 4.79 Å². The molecule has 30 heavy (non-hydrogen) atoms. The number of rotatable bonds is 6. The Morgan fingerprint density at radius 3 is 2.47 bits per heavy atom. The van der Waals surface area contributed by atoms with Gasteiger partial charge in [-0.05, 0) is 42.1 Å². The fourth-order valence-electron chi connectivity index (χ4n) is 4.57. The van der Waals surface area contributed by atoms with Gasteiger partial charge in [0, 0.05) is 38.3 Å². The first-order valence-electron chi connectivity index (χ1n) is 10.6. The third-order valence-electron chi connectivity index (χ3n) is 6.38. The second-order valence-electron chi connectivity index (χ2n) is 8.25. The molecule has 0 saturated heterocycles. The van der Waals surface area contributed by atoms with Gasteiger partial charge in [-0.15, -0.1) is 6.04 Å². The number of amides is 1. The predicted octanol–water partition coefficient (Wildman–Crippen LogP) is 2.39. The van der Waals surface area contributed by atoms with Gasteiger partial charge in [0.25, 0.3) is 0 Å². The third-order valence-corrected chi connectivity index (χ3v) is 6.38. The zero-order valence-corrected chi connectivity index (χ0v) is 26.1. The Labute approximate surface area is 255 Å². The van der Waals surface area contributed by atoms with Crippen LogP contribution in [0.3, 0.4) is 0 Å². The van der Waals surface area contributed by atoms with E-state index in [1.165, 1.54) is 42.4 Å². The summed E-state index contributed by atoms with van der Waals surface area (Å²) in [4.78, 5) is 15.0. The molecule has 1 aliphatic heterocycles. The van der Waals surface area contributed by atoms with E-state index >= 15 is 0 Å². The number of hydrogen-bond acceptors (Lipinski definition) is 1. The van der Waals surface area contributed by atoms with E-state index in [-0.39, 0.29) is 96.8 Å². The van der Waals surface area contributed by atoms with E-state index in [9.17, 15) is 4.79 Å². The molecular weight excluding hydrogens is 519 g/mol. The van der Waals surface area contributed by atoms with Crippen LogP contribution in [-0.2, 0) is 45.6 Å². The van der Waals surface area contributed by atoms with Crippen molar-refractivity contribution in [1.82, 2.24) is 4.90 Å². The van der Waals surface area contributed by atoms with E-state index in [1.54, 1.807) is 0 Å². The second kappa shape index (κ2) is 13.5. The largest absolute Gasteiger partial charge is 1.00 e. The van der Waals surface area contributed by atoms with E-state index in [0.717, 1.165) is 31.4 Å². The molecule has 1 fully saturated rings. The van der Waals surface area contributed by atoms with Crippen LogP contribution in [0.1, 0.15) is 59.2 Å². The van der Waals surface area contributed by atoms with Crippen LogP contribution in [0.5, 0.6) is 0 Å². The van der Waals surface area contributed by atoms with Crippen LogP contribution in [0.15, 0.2) is 48.5 Å². The molecular formula is C25H30N2ORbY-. The summed E-state index contributed by atoms with van der Waals surface area (Å²) in [6, 6.07) is 17.4. The predicted molar refractivity (Wildman–Crippen MR) is 114 cm³/mol. The summed E-state index contributed by atoms with van der Waals surface area (Å²) < 4.78 is 0. The number of benzene rings is 2. The molecule has 0 aromatic heterocycles. The van der Waals surface area contributed by atoms with Crippen LogP contribution in [0, 0.1) is 12.5 Å². The van der Waals surface area contributed by atoms with Gasteiger partial charge in [-0.2, -0.15) is 13.5 Å². The molecule has 0 atom stereocenters. The quantitative estimate of drug-likeness (QED) is 0.511. The molecule has 1 radical (unpaired) electrons. The molecule has 151 valence electrons. The molecule has 0 bridgehead atoms. The fraction of sp³-hybridized carbons (Fsp3) is 0.440. The normalized spacial score (nSPS) is 20.7. The Morgan fingerprint density at radius 2 is 1.77 bits per heavy atom. The summed E-state index contributed by atoms with van der Waals surface area (Å²) >= 11 is 0. The Morgan fingerprint density at radius 1 is 1.03 bits per heavy atom. The average molecular weight is 549 g/mol. The fourth-order valence-corrected chi connectivity index (χ4v) is 4.57. The molecule has 1 amide bonds. The monoisotopic (exact) mass is 548 g/mol. The average Bonchev–Trinajstić information content (AvgIpc) is 2.75. The van der Waals surface area contributed by atoms with Crippen molar-refractivity contribution in [2.75, 3.05) is 13.6 Å². The molecule has 1 saturated carbocycles. The van der Waals surface area contributed by atoms with Crippen LogP contribution >= 0.6 is 0 Å². The Hall–Kier alpha value is 0.779. The first kappa shape index (κ1) is 27.0. The number of nitrogens with zero attached hydrogens (tertiary/aromatic N) is 2. The minimum absolute atomic E-state index is 0. The van der Waals surface area contributed by atoms with Crippen molar-refractivity contribution in [2.24, 2.45) is 5.92 Å². The van der Waals surface area contributed by atoms with Crippen LogP contribution in [-0.4, -0.2) is 30.4 Å². The van der Waals surface area contributed by atoms with Crippen LogP contribution < -0.4 is 58.2 Å². The molecule has 1 heterocycles. The summed E-state index contributed by atoms with van der Waals surface area (Å²) in [5.41, 5.74) is 4.58. The Balaban J connectivity index is 0.00000160. The SMILES string of the molecule is C[N-]C1CCC(C[CH-]N2CCc3ccc(Cc4ccccc4)cc3C2=O)CC1.[Rb+].[Y]. The molecule has 2 aliphatic rings. The molecule has 2 aromatic carbocycles. The zero-order chi connectivity index (χ0) is 19.3. The van der Waals surface area contributed by atoms with Gasteiger partial charge in [0.1, 0.15) is 0 Å². The van der Waals surface area contributed by atoms with Crippen molar-refractivity contribution in [2.45, 2.75) is 51.0 Å². The van der Waals surface area contributed by atoms with Crippen LogP contribution in [0.2, 0.25) is 0 Å². The van der Waals surface area contributed by atoms with Crippen molar-refractivity contribution in [1.29, 1.82) is 0 Å². The first-order chi connectivity index (χ1) is 13.7. The molecule has 0 N–H and O–H groups in total. The van der Waals surface area contributed by atoms with E-state index < -0.39 is 0 Å². The summed E-state index contributed by atoms with van der Waals surface area (Å²) in [6.07, 6.45) is 7.71. The van der Waals surface area contributed by atoms with Gasteiger partial charge in [0.2, 0.25) is 5.91 Å². The molecule has 0 unspecified atom stereocenters. The van der Waals surface area contributed by atoms with Gasteiger partial charge < -0.3 is 10.2 Å². The topological polar surface area (TPSA) is 34.4 Å². The molecule has 3 nitrogen and oxygen atoms in total. The van der Waals surface area contributed by atoms with Crippen molar-refractivity contribution in [3.05, 3.63) is 82.6 Å². The first-order valence-corrected chi connectivity index (χ1v) is 10.6. The summed E-state index contributed by atoms with van der Waals surface area (Å²) in [5.74, 6) is 0.880. The van der Waals surface area contributed by atoms with Crippen LogP contribution in [0.25, 0.3) is 5.32 Å². The van der Waals surface area contributed by atoms with Gasteiger partial charge >= 0.3 is 58.2 Å². The molecule has 2 aromatic rings. The maximum absolute atomic E-state index is 13.1. The second-order valence-corrected chi connectivity index (χ2v) is 8.25. The van der Waals surface area contributed by atoms with Crippen molar-refractivity contribution >= 4 is 5.91 Å². The maximum atomic E-state index is 13.1. The minimum Gasteiger partial charge on any atom is -0.662 e. The summed E-state index contributed by atoms with van der Waals surface area (Å²) in [6.45, 7) is 2.98. The standard InChI is InChI=1S/C25H30N2O.Rb.Y/c1-26-23-11-8-19(9-12-23)13-15-27-16-14-22-10-7-21(18-24(22)25(27)28)17-20-5-3-2-4-6-20;;/h2-7,10,15,18-19,23H,8-9,11-14,16-17H2,1H3;;/q-2;+1;. The molecule has 4 rings (SSSR count). The minimum atomic E-state index is 0. The smallest absolute Gasteiger partial charge is 0.662 e. The summed E-state index contributed by atoms with van der Waals surface area (Å²) in [5, 5.41) is 4.43. The van der Waals surface area contributed by atoms with E-state index in [1.807, 2.05) is 18.0 Å². The third kappa shape index (κ3) is 7.14. The van der Waals surface area contributed by atoms with Gasteiger partial charge in [-0.1, -0.05) is 74.1 Å². The Bertz CT molecular complexity index is 806. The van der Waals surface area contributed by atoms with Crippen molar-refractivity contribution < 1.29 is 95.7 Å². The van der Waals surface area contributed by atoms with Gasteiger partial charge in [-0.25, -0.2) is 6.54 Å². The van der Waals surface area contributed by atoms with Gasteiger partial charge in [0.05, 0.1) is 0 Å². The Kier molecular flexibility index (Phi) is 12.1. The molecule has 1 aliphatic carbocycles. The maximum Gasteiger partial charge on any atom is 1.00 e. The van der Waals surface area contributed by atoms with E-state index in [0.29, 0.717) is 12.0 Å². The van der Waals surface area contributed by atoms with Crippen LogP contribution in [0.4, 0.5) is 0 Å². The summed E-state index contributed by atoms with van der Waals surface area (Å²) in [7, 11) is 1.94. The number of carbonyl (C=O) groups is 1. The number of fused-ring (bicyclic) bond motifs is 1. The molecule has 0 spiro atoms. The van der Waals surface area contributed by atoms with E-state index in [2.05, 4.69) is 54.3 Å². The van der Waals surface area contributed by atoms with Crippen molar-refractivity contribution in [3.8, 4) is 0 Å². The van der Waals surface area contributed by atoms with Crippen molar-refractivity contribution in [3.63, 3.8) is 0 Å². The van der Waals surface area contributed by atoms with Gasteiger partial charge in [0.15, 0.2) is 0 Å². The number of carbonyl (C=O) groups excluding carboxylic acids is 1. The molecule has 5 heteroatoms.